The first-order chi connectivity index (χ1) is 12.3. The average Bonchev–Trinajstić information content (AvgIpc) is 2.61. The van der Waals surface area contributed by atoms with Crippen LogP contribution in [0.5, 0.6) is 0 Å². The smallest absolute Gasteiger partial charge is 0.373 e. The molecule has 0 aliphatic carbocycles. The van der Waals surface area contributed by atoms with Crippen molar-refractivity contribution >= 4 is 23.5 Å². The Kier molecular flexibility index (Phi) is 5.94. The highest BCUT2D eigenvalue weighted by molar-refractivity contribution is 8.00. The molecule has 26 heavy (non-hydrogen) atoms. The lowest BCUT2D eigenvalue weighted by Crippen LogP contribution is -2.31. The van der Waals surface area contributed by atoms with E-state index in [0.717, 1.165) is 24.5 Å². The van der Waals surface area contributed by atoms with Crippen LogP contribution in [0.15, 0.2) is 58.3 Å². The van der Waals surface area contributed by atoms with E-state index in [1.165, 1.54) is 28.8 Å². The van der Waals surface area contributed by atoms with Gasteiger partial charge in [-0.15, -0.1) is 23.5 Å². The number of hydrogen-bond acceptors (Lipinski definition) is 3. The topological polar surface area (TPSA) is 9.23 Å². The number of ether oxygens (including phenoxy) is 1. The number of benzene rings is 2. The Balaban J connectivity index is 1.75. The van der Waals surface area contributed by atoms with Gasteiger partial charge in [0.2, 0.25) is 0 Å². The van der Waals surface area contributed by atoms with Gasteiger partial charge in [0.25, 0.3) is 0 Å². The molecule has 6 heteroatoms. The van der Waals surface area contributed by atoms with Gasteiger partial charge in [-0.05, 0) is 61.9 Å². The van der Waals surface area contributed by atoms with Crippen LogP contribution < -0.4 is 0 Å². The zero-order valence-corrected chi connectivity index (χ0v) is 16.3. The molecule has 0 amide bonds. The SMILES string of the molecule is CSc1ccc(C2CC(C)(Sc3cccc(C(F)(F)F)c3)CCO2)cc1. The van der Waals surface area contributed by atoms with E-state index < -0.39 is 11.7 Å². The lowest BCUT2D eigenvalue weighted by molar-refractivity contribution is -0.137. The Morgan fingerprint density at radius 2 is 1.81 bits per heavy atom. The normalized spacial score (nSPS) is 23.8. The van der Waals surface area contributed by atoms with E-state index in [9.17, 15) is 13.2 Å². The molecule has 0 bridgehead atoms. The van der Waals surface area contributed by atoms with Gasteiger partial charge in [-0.3, -0.25) is 0 Å². The largest absolute Gasteiger partial charge is 0.416 e. The van der Waals surface area contributed by atoms with Crippen molar-refractivity contribution in [3.63, 3.8) is 0 Å². The number of rotatable bonds is 4. The van der Waals surface area contributed by atoms with Crippen LogP contribution in [-0.2, 0) is 10.9 Å². The highest BCUT2D eigenvalue weighted by atomic mass is 32.2. The summed E-state index contributed by atoms with van der Waals surface area (Å²) < 4.78 is 44.7. The van der Waals surface area contributed by atoms with Crippen molar-refractivity contribution in [3.8, 4) is 0 Å². The molecule has 0 radical (unpaired) electrons. The minimum absolute atomic E-state index is 0.0250. The van der Waals surface area contributed by atoms with Crippen molar-refractivity contribution in [3.05, 3.63) is 59.7 Å². The van der Waals surface area contributed by atoms with E-state index in [1.54, 1.807) is 17.8 Å². The predicted octanol–water partition coefficient (Wildman–Crippen LogP) is 6.83. The maximum absolute atomic E-state index is 13.0. The van der Waals surface area contributed by atoms with E-state index in [4.69, 9.17) is 4.74 Å². The molecule has 2 aromatic rings. The summed E-state index contributed by atoms with van der Waals surface area (Å²) in [4.78, 5) is 1.85. The average molecular weight is 399 g/mol. The minimum atomic E-state index is -4.31. The van der Waals surface area contributed by atoms with Gasteiger partial charge < -0.3 is 4.74 Å². The number of hydrogen-bond donors (Lipinski definition) is 0. The maximum atomic E-state index is 13.0. The molecule has 2 aromatic carbocycles. The standard InChI is InChI=1S/C20H21F3OS2/c1-19(26-17-5-3-4-15(12-17)20(21,22)23)10-11-24-18(13-19)14-6-8-16(25-2)9-7-14/h3-9,12,18H,10-11,13H2,1-2H3. The van der Waals surface area contributed by atoms with Crippen molar-refractivity contribution in [1.29, 1.82) is 0 Å². The van der Waals surface area contributed by atoms with Crippen LogP contribution in [0, 0.1) is 0 Å². The molecule has 1 nitrogen and oxygen atoms in total. The molecule has 0 N–H and O–H groups in total. The minimum Gasteiger partial charge on any atom is -0.373 e. The van der Waals surface area contributed by atoms with Gasteiger partial charge in [-0.1, -0.05) is 18.2 Å². The third-order valence-corrected chi connectivity index (χ3v) is 6.68. The van der Waals surface area contributed by atoms with E-state index in [2.05, 4.69) is 31.2 Å². The quantitative estimate of drug-likeness (QED) is 0.522. The van der Waals surface area contributed by atoms with Crippen LogP contribution in [-0.4, -0.2) is 17.6 Å². The molecule has 3 rings (SSSR count). The summed E-state index contributed by atoms with van der Waals surface area (Å²) in [7, 11) is 0. The Morgan fingerprint density at radius 1 is 1.08 bits per heavy atom. The van der Waals surface area contributed by atoms with E-state index in [0.29, 0.717) is 11.5 Å². The fourth-order valence-electron chi connectivity index (χ4n) is 3.12. The molecule has 2 unspecified atom stereocenters. The first-order valence-electron chi connectivity index (χ1n) is 8.41. The molecule has 140 valence electrons. The summed E-state index contributed by atoms with van der Waals surface area (Å²) in [5.41, 5.74) is 0.528. The van der Waals surface area contributed by atoms with E-state index in [1.807, 2.05) is 6.26 Å². The first kappa shape index (κ1) is 19.6. The Bertz CT molecular complexity index is 745. The van der Waals surface area contributed by atoms with Gasteiger partial charge in [0.05, 0.1) is 11.7 Å². The van der Waals surface area contributed by atoms with Crippen LogP contribution in [0.2, 0.25) is 0 Å². The fourth-order valence-corrected chi connectivity index (χ4v) is 4.85. The third kappa shape index (κ3) is 4.78. The summed E-state index contributed by atoms with van der Waals surface area (Å²) in [5.74, 6) is 0. The zero-order valence-electron chi connectivity index (χ0n) is 14.7. The van der Waals surface area contributed by atoms with Crippen LogP contribution >= 0.6 is 23.5 Å². The second-order valence-corrected chi connectivity index (χ2v) is 9.21. The maximum Gasteiger partial charge on any atom is 0.416 e. The molecule has 0 aromatic heterocycles. The van der Waals surface area contributed by atoms with Gasteiger partial charge in [0.1, 0.15) is 0 Å². The molecule has 1 fully saturated rings. The van der Waals surface area contributed by atoms with E-state index >= 15 is 0 Å². The summed E-state index contributed by atoms with van der Waals surface area (Å²) in [6.45, 7) is 2.72. The molecule has 1 heterocycles. The van der Waals surface area contributed by atoms with Crippen LogP contribution in [0.4, 0.5) is 13.2 Å². The Morgan fingerprint density at radius 3 is 2.46 bits per heavy atom. The molecular weight excluding hydrogens is 377 g/mol. The summed E-state index contributed by atoms with van der Waals surface area (Å²) in [6, 6.07) is 13.9. The highest BCUT2D eigenvalue weighted by Gasteiger charge is 2.36. The van der Waals surface area contributed by atoms with Gasteiger partial charge in [-0.25, -0.2) is 0 Å². The molecule has 2 atom stereocenters. The van der Waals surface area contributed by atoms with Crippen LogP contribution in [0.25, 0.3) is 0 Å². The Labute approximate surface area is 160 Å². The first-order valence-corrected chi connectivity index (χ1v) is 10.4. The zero-order chi connectivity index (χ0) is 18.8. The van der Waals surface area contributed by atoms with Crippen LogP contribution in [0.1, 0.15) is 37.0 Å². The molecule has 1 aliphatic heterocycles. The number of thioether (sulfide) groups is 2. The van der Waals surface area contributed by atoms with Gasteiger partial charge in [0, 0.05) is 21.1 Å². The fraction of sp³-hybridized carbons (Fsp3) is 0.400. The monoisotopic (exact) mass is 398 g/mol. The van der Waals surface area contributed by atoms with Gasteiger partial charge in [-0.2, -0.15) is 13.2 Å². The van der Waals surface area contributed by atoms with E-state index in [-0.39, 0.29) is 10.9 Å². The Hall–Kier alpha value is -1.11. The highest BCUT2D eigenvalue weighted by Crippen LogP contribution is 2.46. The van der Waals surface area contributed by atoms with Crippen molar-refractivity contribution in [1.82, 2.24) is 0 Å². The summed E-state index contributed by atoms with van der Waals surface area (Å²) >= 11 is 3.21. The second-order valence-electron chi connectivity index (χ2n) is 6.66. The number of halogens is 3. The summed E-state index contributed by atoms with van der Waals surface area (Å²) in [6.07, 6.45) is -0.716. The summed E-state index contributed by atoms with van der Waals surface area (Å²) in [5, 5.41) is 0. The van der Waals surface area contributed by atoms with Gasteiger partial charge >= 0.3 is 6.18 Å². The lowest BCUT2D eigenvalue weighted by atomic mass is 9.92. The molecule has 0 saturated carbocycles. The third-order valence-electron chi connectivity index (χ3n) is 4.58. The molecule has 1 aliphatic rings. The van der Waals surface area contributed by atoms with Crippen molar-refractivity contribution in [2.75, 3.05) is 12.9 Å². The van der Waals surface area contributed by atoms with Crippen LogP contribution in [0.3, 0.4) is 0 Å². The van der Waals surface area contributed by atoms with Crippen molar-refractivity contribution < 1.29 is 17.9 Å². The van der Waals surface area contributed by atoms with Gasteiger partial charge in [0.15, 0.2) is 0 Å². The van der Waals surface area contributed by atoms with Crippen molar-refractivity contribution in [2.45, 2.75) is 46.6 Å². The number of alkyl halides is 3. The predicted molar refractivity (Wildman–Crippen MR) is 102 cm³/mol. The second kappa shape index (κ2) is 7.87. The van der Waals surface area contributed by atoms with Crippen molar-refractivity contribution in [2.24, 2.45) is 0 Å². The molecule has 0 spiro atoms. The lowest BCUT2D eigenvalue weighted by Gasteiger charge is -2.38. The molecule has 1 saturated heterocycles. The molecular formula is C20H21F3OS2.